The van der Waals surface area contributed by atoms with E-state index in [0.717, 1.165) is 3.57 Å². The van der Waals surface area contributed by atoms with Crippen LogP contribution in [-0.4, -0.2) is 24.6 Å². The van der Waals surface area contributed by atoms with Gasteiger partial charge in [-0.3, -0.25) is 10.1 Å². The number of urea groups is 1. The van der Waals surface area contributed by atoms with Crippen LogP contribution in [0.5, 0.6) is 11.5 Å². The largest absolute Gasteiger partial charge is 0.490 e. The van der Waals surface area contributed by atoms with E-state index in [-0.39, 0.29) is 11.7 Å². The number of hydrogen-bond acceptors (Lipinski definition) is 5. The van der Waals surface area contributed by atoms with Crippen molar-refractivity contribution in [2.24, 2.45) is 5.73 Å². The maximum Gasteiger partial charge on any atom is 0.319 e. The van der Waals surface area contributed by atoms with Gasteiger partial charge in [-0.05, 0) is 67.1 Å². The normalized spacial score (nSPS) is 10.9. The summed E-state index contributed by atoms with van der Waals surface area (Å²) in [6.45, 7) is 6.09. The minimum absolute atomic E-state index is 0.0323. The Bertz CT molecular complexity index is 708. The Kier molecular flexibility index (Phi) is 7.51. The first-order valence-corrected chi connectivity index (χ1v) is 8.21. The fourth-order valence-electron chi connectivity index (χ4n) is 1.78. The summed E-state index contributed by atoms with van der Waals surface area (Å²) in [5.74, 6) is 0.252. The Morgan fingerprint density at radius 1 is 1.46 bits per heavy atom. The lowest BCUT2D eigenvalue weighted by atomic mass is 10.1. The molecule has 0 saturated heterocycles. The first kappa shape index (κ1) is 19.8. The molecule has 24 heavy (non-hydrogen) atoms. The molecule has 3 amide bonds. The van der Waals surface area contributed by atoms with Crippen LogP contribution in [0.25, 0.3) is 6.08 Å². The van der Waals surface area contributed by atoms with Crippen molar-refractivity contribution < 1.29 is 19.1 Å². The fraction of sp³-hybridized carbons (Fsp3) is 0.312. The Morgan fingerprint density at radius 3 is 2.62 bits per heavy atom. The number of amides is 3. The first-order valence-electron chi connectivity index (χ1n) is 7.14. The number of carbonyl (C=O) groups is 2. The van der Waals surface area contributed by atoms with Gasteiger partial charge in [0.15, 0.2) is 11.5 Å². The molecule has 7 nitrogen and oxygen atoms in total. The number of nitriles is 1. The van der Waals surface area contributed by atoms with E-state index in [1.165, 1.54) is 6.08 Å². The zero-order valence-corrected chi connectivity index (χ0v) is 15.7. The van der Waals surface area contributed by atoms with Gasteiger partial charge in [0.25, 0.3) is 5.91 Å². The second-order valence-electron chi connectivity index (χ2n) is 4.92. The lowest BCUT2D eigenvalue weighted by Gasteiger charge is -2.17. The highest BCUT2D eigenvalue weighted by Gasteiger charge is 2.15. The highest BCUT2D eigenvalue weighted by molar-refractivity contribution is 14.1. The minimum Gasteiger partial charge on any atom is -0.490 e. The Morgan fingerprint density at radius 2 is 2.12 bits per heavy atom. The van der Waals surface area contributed by atoms with Crippen LogP contribution < -0.4 is 20.5 Å². The van der Waals surface area contributed by atoms with Gasteiger partial charge in [-0.2, -0.15) is 5.26 Å². The van der Waals surface area contributed by atoms with E-state index in [4.69, 9.17) is 20.5 Å². The third-order valence-corrected chi connectivity index (χ3v) is 3.40. The van der Waals surface area contributed by atoms with Crippen LogP contribution in [0.15, 0.2) is 17.7 Å². The van der Waals surface area contributed by atoms with Crippen LogP contribution >= 0.6 is 22.6 Å². The van der Waals surface area contributed by atoms with Gasteiger partial charge in [-0.25, -0.2) is 4.79 Å². The minimum atomic E-state index is -1.02. The van der Waals surface area contributed by atoms with E-state index in [1.54, 1.807) is 18.2 Å². The third-order valence-electron chi connectivity index (χ3n) is 2.60. The summed E-state index contributed by atoms with van der Waals surface area (Å²) in [7, 11) is 0. The first-order chi connectivity index (χ1) is 11.3. The van der Waals surface area contributed by atoms with Gasteiger partial charge < -0.3 is 15.2 Å². The third kappa shape index (κ3) is 5.73. The summed E-state index contributed by atoms with van der Waals surface area (Å²) in [6.07, 6.45) is 1.32. The summed E-state index contributed by atoms with van der Waals surface area (Å²) in [5, 5.41) is 11.0. The molecule has 1 rings (SSSR count). The van der Waals surface area contributed by atoms with Gasteiger partial charge in [0.1, 0.15) is 11.6 Å². The van der Waals surface area contributed by atoms with Crippen LogP contribution in [0.1, 0.15) is 26.3 Å². The van der Waals surface area contributed by atoms with E-state index in [9.17, 15) is 9.59 Å². The van der Waals surface area contributed by atoms with Crippen LogP contribution in [0, 0.1) is 14.9 Å². The molecule has 0 aromatic heterocycles. The zero-order valence-electron chi connectivity index (χ0n) is 13.6. The Labute approximate surface area is 153 Å². The molecule has 8 heteroatoms. The second-order valence-corrected chi connectivity index (χ2v) is 6.08. The predicted octanol–water partition coefficient (Wildman–Crippen LogP) is 2.58. The van der Waals surface area contributed by atoms with Crippen molar-refractivity contribution in [1.29, 1.82) is 5.26 Å². The standard InChI is InChI=1S/C16H18IN3O4/c1-4-23-13-7-10(6-12(17)14(13)24-9(2)3)5-11(8-18)15(21)20-16(19)22/h5-7,9H,4H2,1-3H3,(H3,19,20,21,22)/b11-5-. The molecule has 0 aliphatic carbocycles. The molecule has 0 radical (unpaired) electrons. The lowest BCUT2D eigenvalue weighted by Crippen LogP contribution is -2.35. The van der Waals surface area contributed by atoms with E-state index in [2.05, 4.69) is 22.6 Å². The number of nitrogens with one attached hydrogen (secondary N) is 1. The smallest absolute Gasteiger partial charge is 0.319 e. The van der Waals surface area contributed by atoms with Crippen molar-refractivity contribution in [1.82, 2.24) is 5.32 Å². The van der Waals surface area contributed by atoms with E-state index in [1.807, 2.05) is 26.1 Å². The Hall–Kier alpha value is -2.28. The van der Waals surface area contributed by atoms with E-state index in [0.29, 0.717) is 23.7 Å². The number of nitrogens with zero attached hydrogens (tertiary/aromatic N) is 1. The number of primary amides is 1. The number of carbonyl (C=O) groups excluding carboxylic acids is 2. The van der Waals surface area contributed by atoms with Crippen LogP contribution in [-0.2, 0) is 4.79 Å². The van der Waals surface area contributed by atoms with Crippen molar-refractivity contribution in [3.63, 3.8) is 0 Å². The number of hydrogen-bond donors (Lipinski definition) is 2. The molecular weight excluding hydrogens is 425 g/mol. The summed E-state index contributed by atoms with van der Waals surface area (Å²) in [5.41, 5.74) is 5.21. The topological polar surface area (TPSA) is 114 Å². The van der Waals surface area contributed by atoms with Crippen LogP contribution in [0.3, 0.4) is 0 Å². The number of benzene rings is 1. The molecule has 0 aliphatic rings. The van der Waals surface area contributed by atoms with Crippen LogP contribution in [0.2, 0.25) is 0 Å². The quantitative estimate of drug-likeness (QED) is 0.399. The molecule has 0 spiro atoms. The van der Waals surface area contributed by atoms with Gasteiger partial charge in [-0.1, -0.05) is 0 Å². The van der Waals surface area contributed by atoms with Gasteiger partial charge in [-0.15, -0.1) is 0 Å². The number of rotatable bonds is 6. The van der Waals surface area contributed by atoms with Gasteiger partial charge >= 0.3 is 6.03 Å². The molecule has 0 bridgehead atoms. The fourth-order valence-corrected chi connectivity index (χ4v) is 2.53. The van der Waals surface area contributed by atoms with Gasteiger partial charge in [0.05, 0.1) is 16.3 Å². The Balaban J connectivity index is 3.29. The van der Waals surface area contributed by atoms with Gasteiger partial charge in [0, 0.05) is 0 Å². The molecule has 0 heterocycles. The van der Waals surface area contributed by atoms with Crippen molar-refractivity contribution >= 4 is 40.6 Å². The van der Waals surface area contributed by atoms with Crippen molar-refractivity contribution in [3.05, 3.63) is 26.8 Å². The molecule has 1 aromatic carbocycles. The maximum absolute atomic E-state index is 11.7. The summed E-state index contributed by atoms with van der Waals surface area (Å²) < 4.78 is 12.1. The number of halogens is 1. The van der Waals surface area contributed by atoms with E-state index < -0.39 is 11.9 Å². The second kappa shape index (κ2) is 9.12. The average Bonchev–Trinajstić information content (AvgIpc) is 2.47. The molecule has 0 fully saturated rings. The average molecular weight is 443 g/mol. The lowest BCUT2D eigenvalue weighted by molar-refractivity contribution is -0.115. The maximum atomic E-state index is 11.7. The summed E-state index contributed by atoms with van der Waals surface area (Å²) in [4.78, 5) is 22.5. The molecule has 1 aromatic rings. The molecule has 128 valence electrons. The summed E-state index contributed by atoms with van der Waals surface area (Å²) in [6, 6.07) is 4.13. The molecule has 0 saturated carbocycles. The molecular formula is C16H18IN3O4. The summed E-state index contributed by atoms with van der Waals surface area (Å²) >= 11 is 2.09. The van der Waals surface area contributed by atoms with Crippen LogP contribution in [0.4, 0.5) is 4.79 Å². The molecule has 0 atom stereocenters. The van der Waals surface area contributed by atoms with Gasteiger partial charge in [0.2, 0.25) is 0 Å². The predicted molar refractivity (Wildman–Crippen MR) is 97.4 cm³/mol. The number of nitrogens with two attached hydrogens (primary N) is 1. The number of ether oxygens (including phenoxy) is 2. The molecule has 0 unspecified atom stereocenters. The molecule has 0 aliphatic heterocycles. The van der Waals surface area contributed by atoms with Crippen molar-refractivity contribution in [3.8, 4) is 17.6 Å². The van der Waals surface area contributed by atoms with Crippen molar-refractivity contribution in [2.75, 3.05) is 6.61 Å². The highest BCUT2D eigenvalue weighted by atomic mass is 127. The zero-order chi connectivity index (χ0) is 18.3. The SMILES string of the molecule is CCOc1cc(/C=C(/C#N)C(=O)NC(N)=O)cc(I)c1OC(C)C. The van der Waals surface area contributed by atoms with E-state index >= 15 is 0 Å². The highest BCUT2D eigenvalue weighted by Crippen LogP contribution is 2.35. The molecule has 3 N–H and O–H groups in total. The van der Waals surface area contributed by atoms with Crippen molar-refractivity contribution in [2.45, 2.75) is 26.9 Å². The monoisotopic (exact) mass is 443 g/mol. The number of imide groups is 1.